The quantitative estimate of drug-likeness (QED) is 0.661. The SMILES string of the molecule is Bc1ccc(NCc2ccccc2Cl)nc1F. The van der Waals surface area contributed by atoms with Gasteiger partial charge in [-0.15, -0.1) is 0 Å². The first-order valence-corrected chi connectivity index (χ1v) is 5.65. The van der Waals surface area contributed by atoms with Crippen LogP contribution < -0.4 is 10.8 Å². The van der Waals surface area contributed by atoms with Crippen molar-refractivity contribution in [3.63, 3.8) is 0 Å². The Balaban J connectivity index is 2.08. The zero-order chi connectivity index (χ0) is 12.3. The fourth-order valence-electron chi connectivity index (χ4n) is 1.43. The first-order valence-electron chi connectivity index (χ1n) is 5.27. The number of rotatable bonds is 3. The molecule has 2 rings (SSSR count). The summed E-state index contributed by atoms with van der Waals surface area (Å²) in [6.07, 6.45) is 0. The highest BCUT2D eigenvalue weighted by Gasteiger charge is 2.02. The summed E-state index contributed by atoms with van der Waals surface area (Å²) in [5, 5.41) is 3.72. The summed E-state index contributed by atoms with van der Waals surface area (Å²) in [6.45, 7) is 0.523. The molecule has 1 aromatic heterocycles. The van der Waals surface area contributed by atoms with E-state index in [-0.39, 0.29) is 0 Å². The maximum atomic E-state index is 13.2. The Morgan fingerprint density at radius 1 is 1.24 bits per heavy atom. The lowest BCUT2D eigenvalue weighted by atomic mass is 9.98. The van der Waals surface area contributed by atoms with Crippen LogP contribution in [0.1, 0.15) is 5.56 Å². The van der Waals surface area contributed by atoms with E-state index in [0.717, 1.165) is 5.56 Å². The van der Waals surface area contributed by atoms with Gasteiger partial charge in [-0.3, -0.25) is 0 Å². The number of nitrogens with zero attached hydrogens (tertiary/aromatic N) is 1. The number of halogens is 2. The minimum Gasteiger partial charge on any atom is -0.366 e. The van der Waals surface area contributed by atoms with Gasteiger partial charge in [-0.05, 0) is 23.2 Å². The molecule has 0 aliphatic carbocycles. The van der Waals surface area contributed by atoms with Gasteiger partial charge in [0.25, 0.3) is 0 Å². The minimum atomic E-state index is -0.450. The molecule has 1 N–H and O–H groups in total. The Morgan fingerprint density at radius 2 is 2.00 bits per heavy atom. The highest BCUT2D eigenvalue weighted by Crippen LogP contribution is 2.16. The van der Waals surface area contributed by atoms with Crippen molar-refractivity contribution in [3.05, 3.63) is 52.9 Å². The average Bonchev–Trinajstić information content (AvgIpc) is 2.32. The molecule has 2 aromatic rings. The molecule has 0 bridgehead atoms. The largest absolute Gasteiger partial charge is 0.366 e. The van der Waals surface area contributed by atoms with Crippen LogP contribution in [0.3, 0.4) is 0 Å². The summed E-state index contributed by atoms with van der Waals surface area (Å²) in [6, 6.07) is 11.0. The van der Waals surface area contributed by atoms with Crippen molar-refractivity contribution >= 4 is 30.7 Å². The van der Waals surface area contributed by atoms with Gasteiger partial charge in [0.15, 0.2) is 0 Å². The lowest BCUT2D eigenvalue weighted by molar-refractivity contribution is 0.593. The lowest BCUT2D eigenvalue weighted by Crippen LogP contribution is -2.12. The molecular weight excluding hydrogens is 237 g/mol. The van der Waals surface area contributed by atoms with Gasteiger partial charge in [0.1, 0.15) is 13.7 Å². The van der Waals surface area contributed by atoms with Crippen LogP contribution in [0.2, 0.25) is 5.02 Å². The predicted molar refractivity (Wildman–Crippen MR) is 71.2 cm³/mol. The molecule has 1 heterocycles. The van der Waals surface area contributed by atoms with Crippen LogP contribution in [0.25, 0.3) is 0 Å². The number of hydrogen-bond acceptors (Lipinski definition) is 2. The second-order valence-electron chi connectivity index (χ2n) is 3.75. The third-order valence-electron chi connectivity index (χ3n) is 2.45. The van der Waals surface area contributed by atoms with Crippen LogP contribution >= 0.6 is 11.6 Å². The van der Waals surface area contributed by atoms with Crippen LogP contribution in [-0.2, 0) is 6.54 Å². The van der Waals surface area contributed by atoms with E-state index >= 15 is 0 Å². The molecule has 0 radical (unpaired) electrons. The maximum absolute atomic E-state index is 13.2. The summed E-state index contributed by atoms with van der Waals surface area (Å²) < 4.78 is 13.2. The Bertz CT molecular complexity index is 534. The average molecular weight is 248 g/mol. The van der Waals surface area contributed by atoms with Gasteiger partial charge < -0.3 is 5.32 Å². The zero-order valence-electron chi connectivity index (χ0n) is 9.37. The molecule has 0 amide bonds. The van der Waals surface area contributed by atoms with E-state index in [4.69, 9.17) is 11.6 Å². The first-order chi connectivity index (χ1) is 8.16. The lowest BCUT2D eigenvalue weighted by Gasteiger charge is -2.07. The molecule has 0 aliphatic rings. The van der Waals surface area contributed by atoms with Crippen molar-refractivity contribution in [2.75, 3.05) is 5.32 Å². The first kappa shape index (κ1) is 11.9. The number of aromatic nitrogens is 1. The number of pyridine rings is 1. The Kier molecular flexibility index (Phi) is 3.64. The molecule has 0 unspecified atom stereocenters. The van der Waals surface area contributed by atoms with Gasteiger partial charge in [0.05, 0.1) is 0 Å². The summed E-state index contributed by atoms with van der Waals surface area (Å²) in [7, 11) is 1.68. The molecule has 1 aromatic carbocycles. The van der Waals surface area contributed by atoms with E-state index in [0.29, 0.717) is 22.8 Å². The van der Waals surface area contributed by atoms with Crippen molar-refractivity contribution in [1.29, 1.82) is 0 Å². The number of hydrogen-bond donors (Lipinski definition) is 1. The fourth-order valence-corrected chi connectivity index (χ4v) is 1.63. The number of anilines is 1. The molecule has 2 nitrogen and oxygen atoms in total. The second kappa shape index (κ2) is 5.19. The van der Waals surface area contributed by atoms with E-state index in [9.17, 15) is 4.39 Å². The molecule has 5 heteroatoms. The van der Waals surface area contributed by atoms with Gasteiger partial charge >= 0.3 is 0 Å². The topological polar surface area (TPSA) is 24.9 Å². The van der Waals surface area contributed by atoms with Gasteiger partial charge in [0.2, 0.25) is 5.95 Å². The second-order valence-corrected chi connectivity index (χ2v) is 4.16. The Labute approximate surface area is 105 Å². The third-order valence-corrected chi connectivity index (χ3v) is 2.82. The van der Waals surface area contributed by atoms with E-state index in [1.165, 1.54) is 0 Å². The molecular formula is C12H11BClFN2. The summed E-state index contributed by atoms with van der Waals surface area (Å²) >= 11 is 6.01. The Hall–Kier alpha value is -1.55. The minimum absolute atomic E-state index is 0.450. The van der Waals surface area contributed by atoms with Gasteiger partial charge in [0, 0.05) is 11.6 Å². The van der Waals surface area contributed by atoms with E-state index in [1.807, 2.05) is 24.3 Å². The summed E-state index contributed by atoms with van der Waals surface area (Å²) in [4.78, 5) is 3.80. The highest BCUT2D eigenvalue weighted by atomic mass is 35.5. The van der Waals surface area contributed by atoms with E-state index in [2.05, 4.69) is 10.3 Å². The molecule has 0 atom stereocenters. The zero-order valence-corrected chi connectivity index (χ0v) is 10.1. The standard InChI is InChI=1S/C12H11BClFN2/c13-9-5-6-11(17-12(9)15)16-7-8-3-1-2-4-10(8)14/h1-6H,7,13H2,(H,16,17). The number of nitrogens with one attached hydrogen (secondary N) is 1. The Morgan fingerprint density at radius 3 is 2.71 bits per heavy atom. The smallest absolute Gasteiger partial charge is 0.208 e. The van der Waals surface area contributed by atoms with Crippen LogP contribution in [0.4, 0.5) is 10.2 Å². The summed E-state index contributed by atoms with van der Waals surface area (Å²) in [5.41, 5.74) is 1.49. The van der Waals surface area contributed by atoms with Crippen LogP contribution in [0, 0.1) is 5.95 Å². The summed E-state index contributed by atoms with van der Waals surface area (Å²) in [5.74, 6) is 0.0576. The monoisotopic (exact) mass is 248 g/mol. The van der Waals surface area contributed by atoms with Gasteiger partial charge in [-0.2, -0.15) is 4.39 Å². The van der Waals surface area contributed by atoms with Crippen molar-refractivity contribution in [3.8, 4) is 0 Å². The molecule has 0 spiro atoms. The van der Waals surface area contributed by atoms with Crippen molar-refractivity contribution in [2.45, 2.75) is 6.54 Å². The molecule has 0 aliphatic heterocycles. The number of benzene rings is 1. The predicted octanol–water partition coefficient (Wildman–Crippen LogP) is 1.74. The van der Waals surface area contributed by atoms with Crippen molar-refractivity contribution in [1.82, 2.24) is 4.98 Å². The molecule has 0 saturated carbocycles. The third kappa shape index (κ3) is 2.97. The molecule has 0 saturated heterocycles. The molecule has 0 fully saturated rings. The van der Waals surface area contributed by atoms with Gasteiger partial charge in [-0.25, -0.2) is 4.98 Å². The van der Waals surface area contributed by atoms with Gasteiger partial charge in [-0.1, -0.05) is 35.9 Å². The van der Waals surface area contributed by atoms with Crippen molar-refractivity contribution in [2.24, 2.45) is 0 Å². The van der Waals surface area contributed by atoms with E-state index in [1.54, 1.807) is 20.0 Å². The van der Waals surface area contributed by atoms with Crippen LogP contribution in [0.15, 0.2) is 36.4 Å². The van der Waals surface area contributed by atoms with Crippen molar-refractivity contribution < 1.29 is 4.39 Å². The molecule has 86 valence electrons. The normalized spacial score (nSPS) is 10.2. The highest BCUT2D eigenvalue weighted by molar-refractivity contribution is 6.32. The van der Waals surface area contributed by atoms with E-state index < -0.39 is 5.95 Å². The van der Waals surface area contributed by atoms with Crippen LogP contribution in [-0.4, -0.2) is 12.8 Å². The van der Waals surface area contributed by atoms with Crippen LogP contribution in [0.5, 0.6) is 0 Å². The fraction of sp³-hybridized carbons (Fsp3) is 0.0833. The molecule has 17 heavy (non-hydrogen) atoms. The maximum Gasteiger partial charge on any atom is 0.208 e.